The number of hydrogen-bond donors (Lipinski definition) is 2. The molecule has 116 valence electrons. The monoisotopic (exact) mass is 305 g/mol. The molecule has 0 radical (unpaired) electrons. The molecule has 7 heteroatoms. The Morgan fingerprint density at radius 1 is 1.23 bits per heavy atom. The van der Waals surface area contributed by atoms with Gasteiger partial charge in [0.25, 0.3) is 0 Å². The fourth-order valence-corrected chi connectivity index (χ4v) is 2.54. The average molecular weight is 305 g/mol. The summed E-state index contributed by atoms with van der Waals surface area (Å²) in [5.74, 6) is 0.242. The number of piperidine rings is 1. The third kappa shape index (κ3) is 3.73. The van der Waals surface area contributed by atoms with E-state index < -0.39 is 11.6 Å². The van der Waals surface area contributed by atoms with Crippen LogP contribution < -0.4 is 10.6 Å². The fourth-order valence-electron chi connectivity index (χ4n) is 2.54. The van der Waals surface area contributed by atoms with E-state index in [0.29, 0.717) is 23.9 Å². The number of halogens is 2. The van der Waals surface area contributed by atoms with Crippen molar-refractivity contribution in [3.05, 3.63) is 41.9 Å². The third-order valence-corrected chi connectivity index (χ3v) is 3.66. The Morgan fingerprint density at radius 2 is 2.14 bits per heavy atom. The van der Waals surface area contributed by atoms with Crippen molar-refractivity contribution < 1.29 is 8.78 Å². The van der Waals surface area contributed by atoms with Crippen molar-refractivity contribution in [2.75, 3.05) is 18.4 Å². The van der Waals surface area contributed by atoms with Gasteiger partial charge in [-0.25, -0.2) is 23.7 Å². The van der Waals surface area contributed by atoms with E-state index in [9.17, 15) is 8.78 Å². The molecule has 0 aromatic carbocycles. The van der Waals surface area contributed by atoms with Crippen molar-refractivity contribution in [1.29, 1.82) is 0 Å². The molecule has 3 heterocycles. The molecule has 3 rings (SSSR count). The molecular formula is C15H17F2N5. The predicted octanol–water partition coefficient (Wildman–Crippen LogP) is 2.44. The van der Waals surface area contributed by atoms with E-state index in [1.54, 1.807) is 0 Å². The molecule has 0 unspecified atom stereocenters. The van der Waals surface area contributed by atoms with Gasteiger partial charge in [-0.1, -0.05) is 0 Å². The maximum atomic E-state index is 13.9. The van der Waals surface area contributed by atoms with E-state index in [1.165, 1.54) is 12.1 Å². The second-order valence-electron chi connectivity index (χ2n) is 5.39. The summed E-state index contributed by atoms with van der Waals surface area (Å²) in [6, 6.07) is 2.76. The molecule has 2 N–H and O–H groups in total. The number of pyridine rings is 1. The minimum Gasteiger partial charge on any atom is -0.316 e. The van der Waals surface area contributed by atoms with Gasteiger partial charge in [-0.3, -0.25) is 0 Å². The van der Waals surface area contributed by atoms with Crippen molar-refractivity contribution in [2.24, 2.45) is 5.92 Å². The Morgan fingerprint density at radius 3 is 2.86 bits per heavy atom. The predicted molar refractivity (Wildman–Crippen MR) is 78.8 cm³/mol. The third-order valence-electron chi connectivity index (χ3n) is 3.66. The first-order valence-electron chi connectivity index (χ1n) is 7.31. The van der Waals surface area contributed by atoms with Crippen LogP contribution in [0.15, 0.2) is 24.5 Å². The topological polar surface area (TPSA) is 62.7 Å². The lowest BCUT2D eigenvalue weighted by Gasteiger charge is -2.22. The summed E-state index contributed by atoms with van der Waals surface area (Å²) in [6.45, 7) is 1.90. The first kappa shape index (κ1) is 14.8. The average Bonchev–Trinajstić information content (AvgIpc) is 2.54. The molecule has 1 saturated heterocycles. The standard InChI is InChI=1S/C15H17F2N5/c16-11-3-4-14(19-8-11)22-15-20-9-12(17)13(21-15)6-10-2-1-5-18-7-10/h3-4,8-10,18H,1-2,5-7H2,(H,19,20,21,22)/t10-/m0/s1. The number of nitrogens with zero attached hydrogens (tertiary/aromatic N) is 3. The van der Waals surface area contributed by atoms with Gasteiger partial charge in [0.2, 0.25) is 5.95 Å². The summed E-state index contributed by atoms with van der Waals surface area (Å²) in [5.41, 5.74) is 0.397. The van der Waals surface area contributed by atoms with Crippen molar-refractivity contribution in [1.82, 2.24) is 20.3 Å². The summed E-state index contributed by atoms with van der Waals surface area (Å²) in [5, 5.41) is 6.16. The molecule has 0 saturated carbocycles. The van der Waals surface area contributed by atoms with E-state index in [1.807, 2.05) is 0 Å². The summed E-state index contributed by atoms with van der Waals surface area (Å²) in [6.07, 6.45) is 5.00. The van der Waals surface area contributed by atoms with Crippen LogP contribution in [0.3, 0.4) is 0 Å². The maximum absolute atomic E-state index is 13.9. The smallest absolute Gasteiger partial charge is 0.228 e. The lowest BCUT2D eigenvalue weighted by atomic mass is 9.94. The van der Waals surface area contributed by atoms with Gasteiger partial charge in [0.15, 0.2) is 5.82 Å². The molecule has 2 aromatic rings. The molecule has 0 spiro atoms. The quantitative estimate of drug-likeness (QED) is 0.908. The highest BCUT2D eigenvalue weighted by Crippen LogP contribution is 2.18. The van der Waals surface area contributed by atoms with E-state index in [0.717, 1.165) is 38.3 Å². The zero-order valence-electron chi connectivity index (χ0n) is 12.0. The largest absolute Gasteiger partial charge is 0.316 e. The van der Waals surface area contributed by atoms with Gasteiger partial charge >= 0.3 is 0 Å². The lowest BCUT2D eigenvalue weighted by Crippen LogP contribution is -2.31. The van der Waals surface area contributed by atoms with Gasteiger partial charge in [0.05, 0.1) is 18.1 Å². The van der Waals surface area contributed by atoms with Crippen LogP contribution in [0.25, 0.3) is 0 Å². The van der Waals surface area contributed by atoms with Gasteiger partial charge in [-0.05, 0) is 50.4 Å². The Hall–Kier alpha value is -2.15. The Kier molecular flexibility index (Phi) is 4.53. The van der Waals surface area contributed by atoms with Gasteiger partial charge in [-0.15, -0.1) is 0 Å². The van der Waals surface area contributed by atoms with Crippen molar-refractivity contribution in [2.45, 2.75) is 19.3 Å². The number of rotatable bonds is 4. The summed E-state index contributed by atoms with van der Waals surface area (Å²) < 4.78 is 26.7. The molecule has 22 heavy (non-hydrogen) atoms. The molecule has 0 aliphatic carbocycles. The molecule has 1 aliphatic heterocycles. The number of nitrogens with one attached hydrogen (secondary N) is 2. The second-order valence-corrected chi connectivity index (χ2v) is 5.39. The summed E-state index contributed by atoms with van der Waals surface area (Å²) >= 11 is 0. The van der Waals surface area contributed by atoms with E-state index >= 15 is 0 Å². The lowest BCUT2D eigenvalue weighted by molar-refractivity contribution is 0.368. The SMILES string of the molecule is Fc1ccc(Nc2ncc(F)c(C[C@@H]3CCCNC3)n2)nc1. The van der Waals surface area contributed by atoms with E-state index in [-0.39, 0.29) is 5.95 Å². The Balaban J connectivity index is 1.72. The summed E-state index contributed by atoms with van der Waals surface area (Å²) in [7, 11) is 0. The normalized spacial score (nSPS) is 18.2. The molecular weight excluding hydrogens is 288 g/mol. The van der Waals surface area contributed by atoms with Gasteiger partial charge in [-0.2, -0.15) is 0 Å². The zero-order valence-corrected chi connectivity index (χ0v) is 12.0. The molecule has 1 atom stereocenters. The van der Waals surface area contributed by atoms with Crippen molar-refractivity contribution in [3.8, 4) is 0 Å². The van der Waals surface area contributed by atoms with Crippen LogP contribution in [0.5, 0.6) is 0 Å². The minimum atomic E-state index is -0.420. The molecule has 0 bridgehead atoms. The number of anilines is 2. The van der Waals surface area contributed by atoms with Crippen LogP contribution in [0, 0.1) is 17.6 Å². The Bertz CT molecular complexity index is 626. The fraction of sp³-hybridized carbons (Fsp3) is 0.400. The van der Waals surface area contributed by atoms with Gasteiger partial charge in [0.1, 0.15) is 11.6 Å². The van der Waals surface area contributed by atoms with Crippen molar-refractivity contribution >= 4 is 11.8 Å². The summed E-state index contributed by atoms with van der Waals surface area (Å²) in [4.78, 5) is 12.0. The van der Waals surface area contributed by atoms with Gasteiger partial charge < -0.3 is 10.6 Å². The minimum absolute atomic E-state index is 0.263. The highest BCUT2D eigenvalue weighted by molar-refractivity contribution is 5.47. The van der Waals surface area contributed by atoms with Crippen LogP contribution in [0.1, 0.15) is 18.5 Å². The van der Waals surface area contributed by atoms with Crippen LogP contribution >= 0.6 is 0 Å². The molecule has 2 aromatic heterocycles. The van der Waals surface area contributed by atoms with Crippen LogP contribution in [-0.2, 0) is 6.42 Å². The van der Waals surface area contributed by atoms with Crippen LogP contribution in [0.2, 0.25) is 0 Å². The van der Waals surface area contributed by atoms with E-state index in [4.69, 9.17) is 0 Å². The Labute approximate surface area is 127 Å². The maximum Gasteiger partial charge on any atom is 0.228 e. The molecule has 5 nitrogen and oxygen atoms in total. The zero-order chi connectivity index (χ0) is 15.4. The molecule has 0 amide bonds. The van der Waals surface area contributed by atoms with Gasteiger partial charge in [0, 0.05) is 0 Å². The molecule has 1 fully saturated rings. The van der Waals surface area contributed by atoms with E-state index in [2.05, 4.69) is 25.6 Å². The molecule has 1 aliphatic rings. The highest BCUT2D eigenvalue weighted by atomic mass is 19.1. The van der Waals surface area contributed by atoms with Crippen molar-refractivity contribution in [3.63, 3.8) is 0 Å². The van der Waals surface area contributed by atoms with Crippen LogP contribution in [0.4, 0.5) is 20.5 Å². The number of aromatic nitrogens is 3. The second kappa shape index (κ2) is 6.74. The number of hydrogen-bond acceptors (Lipinski definition) is 5. The van der Waals surface area contributed by atoms with Crippen LogP contribution in [-0.4, -0.2) is 28.0 Å². The first-order valence-corrected chi connectivity index (χ1v) is 7.31. The first-order chi connectivity index (χ1) is 10.7. The highest BCUT2D eigenvalue weighted by Gasteiger charge is 2.17.